The fraction of sp³-hybridized carbons (Fsp3) is 0.107. The van der Waals surface area contributed by atoms with Crippen LogP contribution in [0.4, 0.5) is 0 Å². The molecule has 2 N–H and O–H groups in total. The monoisotopic (exact) mass is 499 g/mol. The van der Waals surface area contributed by atoms with Crippen molar-refractivity contribution in [3.63, 3.8) is 0 Å². The summed E-state index contributed by atoms with van der Waals surface area (Å²) in [6.45, 7) is 0. The number of carbonyl (C=O) groups is 1. The van der Waals surface area contributed by atoms with E-state index < -0.39 is 11.6 Å². The molecule has 5 aromatic rings. The molecule has 1 unspecified atom stereocenters. The minimum atomic E-state index is -1.66. The van der Waals surface area contributed by atoms with Gasteiger partial charge in [0.1, 0.15) is 0 Å². The number of benzene rings is 3. The van der Waals surface area contributed by atoms with E-state index >= 15 is 0 Å². The summed E-state index contributed by atoms with van der Waals surface area (Å²) in [5.41, 5.74) is 1.95. The van der Waals surface area contributed by atoms with Gasteiger partial charge in [-0.2, -0.15) is 0 Å². The molecule has 0 bridgehead atoms. The van der Waals surface area contributed by atoms with Crippen molar-refractivity contribution in [2.45, 2.75) is 5.60 Å². The Kier molecular flexibility index (Phi) is 5.74. The number of pyridine rings is 1. The summed E-state index contributed by atoms with van der Waals surface area (Å²) in [5, 5.41) is 22.9. The molecular weight excluding hydrogens is 478 g/mol. The molecule has 3 aromatic carbocycles. The molecule has 180 valence electrons. The molecule has 0 aliphatic rings. The van der Waals surface area contributed by atoms with Crippen molar-refractivity contribution in [2.75, 3.05) is 0 Å². The molecule has 8 heteroatoms. The molecule has 36 heavy (non-hydrogen) atoms. The number of aryl methyl sites for hydroxylation is 2. The van der Waals surface area contributed by atoms with Gasteiger partial charge in [0.25, 0.3) is 5.56 Å². The van der Waals surface area contributed by atoms with Gasteiger partial charge in [0, 0.05) is 30.6 Å². The largest absolute Gasteiger partial charge is 0.478 e. The lowest BCUT2D eigenvalue weighted by Crippen LogP contribution is -2.31. The second kappa shape index (κ2) is 8.78. The van der Waals surface area contributed by atoms with Gasteiger partial charge in [0.05, 0.1) is 29.3 Å². The Balaban J connectivity index is 1.82. The number of hydrogen-bond donors (Lipinski definition) is 2. The number of rotatable bonds is 5. The predicted octanol–water partition coefficient (Wildman–Crippen LogP) is 4.57. The van der Waals surface area contributed by atoms with Crippen LogP contribution in [0.5, 0.6) is 0 Å². The number of aliphatic hydroxyl groups is 1. The number of fused-ring (bicyclic) bond motifs is 1. The average Bonchev–Trinajstić information content (AvgIpc) is 3.31. The van der Waals surface area contributed by atoms with E-state index in [4.69, 9.17) is 11.6 Å². The molecule has 2 aromatic heterocycles. The summed E-state index contributed by atoms with van der Waals surface area (Å²) in [6.07, 6.45) is 3.17. The molecular formula is C28H22ClN3O4. The molecule has 0 amide bonds. The van der Waals surface area contributed by atoms with E-state index in [0.717, 1.165) is 10.9 Å². The van der Waals surface area contributed by atoms with Gasteiger partial charge in [-0.25, -0.2) is 9.78 Å². The number of aromatic carboxylic acids is 1. The van der Waals surface area contributed by atoms with Gasteiger partial charge < -0.3 is 19.3 Å². The number of carboxylic acids is 1. The van der Waals surface area contributed by atoms with Gasteiger partial charge >= 0.3 is 5.97 Å². The van der Waals surface area contributed by atoms with Gasteiger partial charge in [0.15, 0.2) is 5.60 Å². The quantitative estimate of drug-likeness (QED) is 0.369. The van der Waals surface area contributed by atoms with Crippen LogP contribution in [0.2, 0.25) is 5.02 Å². The predicted molar refractivity (Wildman–Crippen MR) is 138 cm³/mol. The first-order valence-electron chi connectivity index (χ1n) is 11.1. The summed E-state index contributed by atoms with van der Waals surface area (Å²) in [7, 11) is 3.48. The Morgan fingerprint density at radius 3 is 2.33 bits per heavy atom. The zero-order valence-electron chi connectivity index (χ0n) is 19.5. The maximum absolute atomic E-state index is 12.8. The fourth-order valence-corrected chi connectivity index (χ4v) is 4.79. The van der Waals surface area contributed by atoms with Crippen molar-refractivity contribution >= 4 is 28.5 Å². The molecule has 7 nitrogen and oxygen atoms in total. The molecule has 0 fully saturated rings. The highest BCUT2D eigenvalue weighted by molar-refractivity contribution is 6.30. The Morgan fingerprint density at radius 2 is 1.69 bits per heavy atom. The van der Waals surface area contributed by atoms with Crippen LogP contribution in [0.1, 0.15) is 27.2 Å². The maximum Gasteiger partial charge on any atom is 0.335 e. The Labute approximate surface area is 211 Å². The van der Waals surface area contributed by atoms with Crippen molar-refractivity contribution < 1.29 is 15.0 Å². The van der Waals surface area contributed by atoms with E-state index in [1.807, 2.05) is 18.2 Å². The third-order valence-corrected chi connectivity index (χ3v) is 6.77. The van der Waals surface area contributed by atoms with Crippen LogP contribution in [0.3, 0.4) is 0 Å². The van der Waals surface area contributed by atoms with Crippen molar-refractivity contribution in [3.05, 3.63) is 123 Å². The van der Waals surface area contributed by atoms with Crippen LogP contribution in [0.15, 0.2) is 90.1 Å². The molecule has 0 radical (unpaired) electrons. The van der Waals surface area contributed by atoms with Crippen LogP contribution < -0.4 is 5.56 Å². The van der Waals surface area contributed by atoms with E-state index in [1.54, 1.807) is 78.2 Å². The lowest BCUT2D eigenvalue weighted by atomic mass is 9.82. The highest BCUT2D eigenvalue weighted by Crippen LogP contribution is 2.39. The summed E-state index contributed by atoms with van der Waals surface area (Å²) in [4.78, 5) is 28.4. The van der Waals surface area contributed by atoms with Crippen LogP contribution in [0.25, 0.3) is 22.0 Å². The van der Waals surface area contributed by atoms with Gasteiger partial charge in [-0.1, -0.05) is 41.9 Å². The molecule has 1 atom stereocenters. The van der Waals surface area contributed by atoms with E-state index in [9.17, 15) is 19.8 Å². The number of aromatic nitrogens is 3. The number of imidazole rings is 1. The standard InChI is InChI=1S/C28H22ClN3O4/c1-31-16-30-15-25(31)28(36,19-8-6-17(7-9-19)27(34)35)20-10-11-24-23(13-20)22(14-26(33)32(24)2)18-4-3-5-21(29)12-18/h3-16,36H,1-2H3,(H,34,35). The van der Waals surface area contributed by atoms with E-state index in [-0.39, 0.29) is 11.1 Å². The van der Waals surface area contributed by atoms with Gasteiger partial charge in [-0.05, 0) is 58.7 Å². The summed E-state index contributed by atoms with van der Waals surface area (Å²) >= 11 is 6.25. The van der Waals surface area contributed by atoms with E-state index in [2.05, 4.69) is 4.98 Å². The number of nitrogens with zero attached hydrogens (tertiary/aromatic N) is 3. The maximum atomic E-state index is 12.8. The third kappa shape index (κ3) is 3.79. The van der Waals surface area contributed by atoms with Gasteiger partial charge in [0.2, 0.25) is 0 Å². The first-order valence-corrected chi connectivity index (χ1v) is 11.5. The second-order valence-electron chi connectivity index (χ2n) is 8.68. The lowest BCUT2D eigenvalue weighted by Gasteiger charge is -2.30. The first-order chi connectivity index (χ1) is 17.2. The minimum absolute atomic E-state index is 0.114. The highest BCUT2D eigenvalue weighted by Gasteiger charge is 2.37. The van der Waals surface area contributed by atoms with Crippen molar-refractivity contribution in [1.82, 2.24) is 14.1 Å². The van der Waals surface area contributed by atoms with Crippen molar-refractivity contribution in [2.24, 2.45) is 14.1 Å². The first kappa shape index (κ1) is 23.5. The van der Waals surface area contributed by atoms with Gasteiger partial charge in [-0.15, -0.1) is 0 Å². The molecule has 0 saturated heterocycles. The highest BCUT2D eigenvalue weighted by atomic mass is 35.5. The molecule has 0 spiro atoms. The van der Waals surface area contributed by atoms with Crippen molar-refractivity contribution in [3.8, 4) is 11.1 Å². The van der Waals surface area contributed by atoms with Crippen LogP contribution in [0, 0.1) is 0 Å². The van der Waals surface area contributed by atoms with Crippen LogP contribution in [-0.2, 0) is 19.7 Å². The zero-order valence-corrected chi connectivity index (χ0v) is 20.3. The second-order valence-corrected chi connectivity index (χ2v) is 9.12. The third-order valence-electron chi connectivity index (χ3n) is 6.54. The number of hydrogen-bond acceptors (Lipinski definition) is 4. The molecule has 5 rings (SSSR count). The Bertz CT molecular complexity index is 1690. The summed E-state index contributed by atoms with van der Waals surface area (Å²) in [5.74, 6) is -1.05. The van der Waals surface area contributed by atoms with E-state index in [0.29, 0.717) is 32.9 Å². The SMILES string of the molecule is Cn1cncc1C(O)(c1ccc(C(=O)O)cc1)c1ccc2c(c1)c(-c1cccc(Cl)c1)cc(=O)n2C. The average molecular weight is 500 g/mol. The number of carboxylic acid groups (broad SMARTS) is 1. The molecule has 0 aliphatic heterocycles. The lowest BCUT2D eigenvalue weighted by molar-refractivity contribution is 0.0696. The minimum Gasteiger partial charge on any atom is -0.478 e. The van der Waals surface area contributed by atoms with Gasteiger partial charge in [-0.3, -0.25) is 4.79 Å². The van der Waals surface area contributed by atoms with Crippen molar-refractivity contribution in [1.29, 1.82) is 0 Å². The Hall–Kier alpha value is -4.20. The zero-order chi connectivity index (χ0) is 25.6. The summed E-state index contributed by atoms with van der Waals surface area (Å²) < 4.78 is 3.27. The summed E-state index contributed by atoms with van der Waals surface area (Å²) in [6, 6.07) is 20.3. The number of halogens is 1. The van der Waals surface area contributed by atoms with Crippen LogP contribution in [-0.4, -0.2) is 30.3 Å². The molecule has 0 saturated carbocycles. The smallest absolute Gasteiger partial charge is 0.335 e. The molecule has 2 heterocycles. The van der Waals surface area contributed by atoms with Crippen LogP contribution >= 0.6 is 11.6 Å². The topological polar surface area (TPSA) is 97.3 Å². The Morgan fingerprint density at radius 1 is 0.972 bits per heavy atom. The fourth-order valence-electron chi connectivity index (χ4n) is 4.60. The van der Waals surface area contributed by atoms with E-state index in [1.165, 1.54) is 12.1 Å². The normalized spacial score (nSPS) is 13.0. The molecule has 0 aliphatic carbocycles.